The van der Waals surface area contributed by atoms with E-state index in [9.17, 15) is 13.2 Å². The number of carbonyl (C=O) groups is 1. The minimum absolute atomic E-state index is 0.0108. The topological polar surface area (TPSA) is 88.1 Å². The van der Waals surface area contributed by atoms with Crippen molar-refractivity contribution >= 4 is 46.7 Å². The van der Waals surface area contributed by atoms with Crippen LogP contribution in [0, 0.1) is 3.57 Å². The van der Waals surface area contributed by atoms with Gasteiger partial charge in [0, 0.05) is 23.4 Å². The number of ether oxygens (including phenoxy) is 3. The Bertz CT molecular complexity index is 1070. The molecule has 0 bridgehead atoms. The number of halogens is 1. The van der Waals surface area contributed by atoms with Crippen molar-refractivity contribution in [3.63, 3.8) is 0 Å². The smallest absolute Gasteiger partial charge is 0.319 e. The summed E-state index contributed by atoms with van der Waals surface area (Å²) in [6.07, 6.45) is 2.15. The third kappa shape index (κ3) is 13.3. The average Bonchev–Trinajstić information content (AvgIpc) is 2.77. The first-order valence-corrected chi connectivity index (χ1v) is 20.4. The van der Waals surface area contributed by atoms with E-state index in [2.05, 4.69) is 63.4 Å². The van der Waals surface area contributed by atoms with E-state index in [4.69, 9.17) is 18.6 Å². The molecular weight excluding hydrogens is 671 g/mol. The van der Waals surface area contributed by atoms with Gasteiger partial charge in [-0.25, -0.2) is 8.42 Å². The Morgan fingerprint density at radius 3 is 2.15 bits per heavy atom. The Hall–Kier alpha value is -0.533. The molecule has 0 radical (unpaired) electrons. The summed E-state index contributed by atoms with van der Waals surface area (Å²) in [5.41, 5.74) is -1.95. The van der Waals surface area contributed by atoms with E-state index in [0.29, 0.717) is 6.61 Å². The van der Waals surface area contributed by atoms with Crippen LogP contribution in [0.2, 0.25) is 18.1 Å². The number of rotatable bonds is 17. The lowest BCUT2D eigenvalue weighted by molar-refractivity contribution is -0.167. The fourth-order valence-corrected chi connectivity index (χ4v) is 7.38. The summed E-state index contributed by atoms with van der Waals surface area (Å²) < 4.78 is 51.4. The summed E-state index contributed by atoms with van der Waals surface area (Å²) in [5.74, 6) is -0.571. The summed E-state index contributed by atoms with van der Waals surface area (Å²) in [6, 6.07) is 7.80. The van der Waals surface area contributed by atoms with Gasteiger partial charge in [0.1, 0.15) is 11.0 Å². The minimum Gasteiger partial charge on any atom is -0.459 e. The number of carbonyl (C=O) groups excluding carboxylic acids is 1. The predicted octanol–water partition coefficient (Wildman–Crippen LogP) is 7.31. The molecule has 0 spiro atoms. The molecule has 0 saturated heterocycles. The Balaban J connectivity index is 3.11. The lowest BCUT2D eigenvalue weighted by Crippen LogP contribution is -2.46. The molecule has 7 nitrogen and oxygen atoms in total. The summed E-state index contributed by atoms with van der Waals surface area (Å²) in [5, 5.41) is 0.0108. The molecule has 0 aliphatic carbocycles. The van der Waals surface area contributed by atoms with E-state index in [1.165, 1.54) is 0 Å². The second kappa shape index (κ2) is 15.5. The molecule has 0 aliphatic rings. The fraction of sp³-hybridized carbons (Fsp3) is 0.774. The van der Waals surface area contributed by atoms with Crippen LogP contribution >= 0.6 is 22.6 Å². The Morgan fingerprint density at radius 1 is 0.976 bits per heavy atom. The molecule has 1 atom stereocenters. The van der Waals surface area contributed by atoms with Gasteiger partial charge in [-0.15, -0.1) is 0 Å². The second-order valence-electron chi connectivity index (χ2n) is 14.1. The Morgan fingerprint density at radius 2 is 1.61 bits per heavy atom. The van der Waals surface area contributed by atoms with Gasteiger partial charge in [-0.1, -0.05) is 46.2 Å². The lowest BCUT2D eigenvalue weighted by atomic mass is 9.78. The maximum Gasteiger partial charge on any atom is 0.319 e. The van der Waals surface area contributed by atoms with Crippen LogP contribution in [0.5, 0.6) is 0 Å². The van der Waals surface area contributed by atoms with Crippen LogP contribution in [0.4, 0.5) is 0 Å². The highest BCUT2D eigenvalue weighted by atomic mass is 127. The molecule has 0 amide bonds. The van der Waals surface area contributed by atoms with Crippen LogP contribution in [-0.2, 0) is 38.7 Å². The van der Waals surface area contributed by atoms with Gasteiger partial charge in [0.2, 0.25) is 0 Å². The monoisotopic (exact) mass is 726 g/mol. The molecule has 1 unspecified atom stereocenters. The van der Waals surface area contributed by atoms with E-state index in [1.807, 2.05) is 45.0 Å². The zero-order valence-electron chi connectivity index (χ0n) is 27.3. The van der Waals surface area contributed by atoms with Crippen molar-refractivity contribution in [1.29, 1.82) is 0 Å². The van der Waals surface area contributed by atoms with E-state index < -0.39 is 34.8 Å². The maximum absolute atomic E-state index is 13.8. The fourth-order valence-electron chi connectivity index (χ4n) is 4.02. The zero-order chi connectivity index (χ0) is 31.8. The summed E-state index contributed by atoms with van der Waals surface area (Å²) >= 11 is 2.23. The van der Waals surface area contributed by atoms with Crippen LogP contribution < -0.4 is 0 Å². The van der Waals surface area contributed by atoms with Crippen LogP contribution in [-0.4, -0.2) is 71.8 Å². The van der Waals surface area contributed by atoms with Gasteiger partial charge in [0.05, 0.1) is 23.7 Å². The van der Waals surface area contributed by atoms with E-state index in [1.54, 1.807) is 13.8 Å². The molecule has 1 aromatic carbocycles. The summed E-state index contributed by atoms with van der Waals surface area (Å²) in [6.45, 7) is 22.8. The standard InChI is InChI=1S/C31H55IO7SSi/c1-12-13-18-36-23-31(27(33)39-28(2,3)4,25-15-14-16-26(32)22-25)17-19-37-30(8,9)24-40(34,35)21-20-38-41(10,11)29(5,6)7/h14-16,22H,12-13,17-21,23-24H2,1-11H3. The molecule has 0 aliphatic heterocycles. The molecule has 1 rings (SSSR count). The van der Waals surface area contributed by atoms with Crippen molar-refractivity contribution in [2.24, 2.45) is 0 Å². The van der Waals surface area contributed by atoms with Gasteiger partial charge in [-0.05, 0) is 106 Å². The largest absolute Gasteiger partial charge is 0.459 e. The van der Waals surface area contributed by atoms with E-state index >= 15 is 0 Å². The third-order valence-electron chi connectivity index (χ3n) is 7.41. The second-order valence-corrected chi connectivity index (χ2v) is 22.3. The number of esters is 1. The van der Waals surface area contributed by atoms with Crippen molar-refractivity contribution in [2.45, 2.75) is 116 Å². The molecule has 0 aromatic heterocycles. The first kappa shape index (κ1) is 38.5. The van der Waals surface area contributed by atoms with Gasteiger partial charge in [-0.2, -0.15) is 0 Å². The van der Waals surface area contributed by atoms with Crippen LogP contribution in [0.25, 0.3) is 0 Å². The van der Waals surface area contributed by atoms with Gasteiger partial charge < -0.3 is 18.6 Å². The number of hydrogen-bond acceptors (Lipinski definition) is 7. The molecule has 0 fully saturated rings. The first-order chi connectivity index (χ1) is 18.6. The van der Waals surface area contributed by atoms with E-state index in [-0.39, 0.29) is 48.8 Å². The summed E-state index contributed by atoms with van der Waals surface area (Å²) in [7, 11) is -5.48. The van der Waals surface area contributed by atoms with Gasteiger partial charge >= 0.3 is 5.97 Å². The molecule has 1 aromatic rings. The third-order valence-corrected chi connectivity index (χ3v) is 14.5. The van der Waals surface area contributed by atoms with Crippen molar-refractivity contribution in [2.75, 3.05) is 37.9 Å². The predicted molar refractivity (Wildman–Crippen MR) is 179 cm³/mol. The highest BCUT2D eigenvalue weighted by molar-refractivity contribution is 14.1. The molecule has 41 heavy (non-hydrogen) atoms. The van der Waals surface area contributed by atoms with Gasteiger partial charge in [-0.3, -0.25) is 4.79 Å². The highest BCUT2D eigenvalue weighted by Crippen LogP contribution is 2.37. The van der Waals surface area contributed by atoms with Gasteiger partial charge in [0.15, 0.2) is 18.2 Å². The molecule has 238 valence electrons. The number of benzene rings is 1. The van der Waals surface area contributed by atoms with E-state index in [0.717, 1.165) is 22.0 Å². The van der Waals surface area contributed by atoms with Crippen LogP contribution in [0.3, 0.4) is 0 Å². The van der Waals surface area contributed by atoms with Crippen LogP contribution in [0.1, 0.15) is 87.1 Å². The average molecular weight is 727 g/mol. The van der Waals surface area contributed by atoms with Crippen molar-refractivity contribution in [3.05, 3.63) is 33.4 Å². The molecule has 10 heteroatoms. The SMILES string of the molecule is CCCCOCC(CCOC(C)(C)CS(=O)(=O)CCO[Si](C)(C)C(C)(C)C)(C(=O)OC(C)(C)C)c1cccc(I)c1. The Kier molecular flexibility index (Phi) is 14.5. The molecular formula is C31H55IO7SSi. The zero-order valence-corrected chi connectivity index (χ0v) is 31.3. The quantitative estimate of drug-likeness (QED) is 0.0721. The van der Waals surface area contributed by atoms with Gasteiger partial charge in [0.25, 0.3) is 0 Å². The summed E-state index contributed by atoms with van der Waals surface area (Å²) in [4.78, 5) is 13.8. The number of hydrogen-bond donors (Lipinski definition) is 0. The van der Waals surface area contributed by atoms with Crippen LogP contribution in [0.15, 0.2) is 24.3 Å². The number of sulfone groups is 1. The minimum atomic E-state index is -3.44. The Labute approximate surface area is 265 Å². The molecule has 0 saturated carbocycles. The van der Waals surface area contributed by atoms with Crippen molar-refractivity contribution in [1.82, 2.24) is 0 Å². The maximum atomic E-state index is 13.8. The first-order valence-electron chi connectivity index (χ1n) is 14.6. The van der Waals surface area contributed by atoms with Crippen molar-refractivity contribution < 1.29 is 31.8 Å². The highest BCUT2D eigenvalue weighted by Gasteiger charge is 2.44. The van der Waals surface area contributed by atoms with Crippen molar-refractivity contribution in [3.8, 4) is 0 Å². The number of unbranched alkanes of at least 4 members (excludes halogenated alkanes) is 1. The molecule has 0 N–H and O–H groups in total. The lowest BCUT2D eigenvalue weighted by Gasteiger charge is -2.36. The molecule has 0 heterocycles. The normalized spacial score (nSPS) is 15.0.